The Balaban J connectivity index is 1.81. The number of hydrogen-bond acceptors (Lipinski definition) is 4. The molecule has 3 rings (SSSR count). The van der Waals surface area contributed by atoms with E-state index in [2.05, 4.69) is 10.3 Å². The number of ether oxygens (including phenoxy) is 1. The van der Waals surface area contributed by atoms with Crippen LogP contribution in [-0.4, -0.2) is 40.7 Å². The Morgan fingerprint density at radius 2 is 1.96 bits per heavy atom. The van der Waals surface area contributed by atoms with Gasteiger partial charge in [0.05, 0.1) is 24.3 Å². The van der Waals surface area contributed by atoms with E-state index in [0.717, 1.165) is 5.56 Å². The maximum atomic E-state index is 12.7. The molecule has 1 saturated heterocycles. The fourth-order valence-corrected chi connectivity index (χ4v) is 3.06. The van der Waals surface area contributed by atoms with Gasteiger partial charge < -0.3 is 15.2 Å². The minimum Gasteiger partial charge on any atom is -0.481 e. The first-order valence-electron chi connectivity index (χ1n) is 8.23. The molecule has 2 aromatic rings. The van der Waals surface area contributed by atoms with E-state index in [-0.39, 0.29) is 24.6 Å². The van der Waals surface area contributed by atoms with Gasteiger partial charge in [-0.15, -0.1) is 0 Å². The normalized spacial score (nSPS) is 20.0. The molecule has 1 fully saturated rings. The molecule has 6 nitrogen and oxygen atoms in total. The number of nitrogens with zero attached hydrogens (tertiary/aromatic N) is 1. The van der Waals surface area contributed by atoms with Gasteiger partial charge in [0.1, 0.15) is 5.69 Å². The number of nitrogens with one attached hydrogen (secondary N) is 1. The van der Waals surface area contributed by atoms with Crippen molar-refractivity contribution in [2.75, 3.05) is 13.2 Å². The lowest BCUT2D eigenvalue weighted by molar-refractivity contribution is -0.140. The molecule has 130 valence electrons. The number of carboxylic acid groups (broad SMARTS) is 1. The van der Waals surface area contributed by atoms with Gasteiger partial charge in [0.2, 0.25) is 0 Å². The third-order valence-electron chi connectivity index (χ3n) is 4.24. The zero-order valence-electron chi connectivity index (χ0n) is 13.8. The van der Waals surface area contributed by atoms with Crippen LogP contribution >= 0.6 is 0 Å². The zero-order chi connectivity index (χ0) is 17.7. The molecule has 0 spiro atoms. The van der Waals surface area contributed by atoms with Crippen LogP contribution in [0.4, 0.5) is 0 Å². The smallest absolute Gasteiger partial charge is 0.305 e. The number of carboxylic acids is 1. The molecule has 1 atom stereocenters. The first-order valence-corrected chi connectivity index (χ1v) is 8.23. The lowest BCUT2D eigenvalue weighted by Gasteiger charge is -2.36. The number of hydrogen-bond donors (Lipinski definition) is 2. The van der Waals surface area contributed by atoms with Crippen molar-refractivity contribution in [3.8, 4) is 11.3 Å². The Hall–Kier alpha value is -2.73. The molecule has 0 aliphatic carbocycles. The van der Waals surface area contributed by atoms with Crippen molar-refractivity contribution in [1.82, 2.24) is 10.3 Å². The van der Waals surface area contributed by atoms with E-state index in [0.29, 0.717) is 25.1 Å². The molecule has 2 heterocycles. The molecule has 0 radical (unpaired) electrons. The van der Waals surface area contributed by atoms with Crippen molar-refractivity contribution in [1.29, 1.82) is 0 Å². The molecule has 1 unspecified atom stereocenters. The van der Waals surface area contributed by atoms with Crippen molar-refractivity contribution in [3.05, 3.63) is 54.2 Å². The van der Waals surface area contributed by atoms with E-state index in [1.807, 2.05) is 36.4 Å². The Morgan fingerprint density at radius 3 is 2.64 bits per heavy atom. The average Bonchev–Trinajstić information content (AvgIpc) is 2.62. The van der Waals surface area contributed by atoms with E-state index in [4.69, 9.17) is 4.74 Å². The summed E-state index contributed by atoms with van der Waals surface area (Å²) in [5.41, 5.74) is 0.988. The van der Waals surface area contributed by atoms with Gasteiger partial charge in [0.25, 0.3) is 5.91 Å². The highest BCUT2D eigenvalue weighted by Gasteiger charge is 2.37. The van der Waals surface area contributed by atoms with E-state index in [1.54, 1.807) is 12.1 Å². The maximum Gasteiger partial charge on any atom is 0.305 e. The molecular formula is C19H20N2O4. The summed E-state index contributed by atoms with van der Waals surface area (Å²) in [6, 6.07) is 14.8. The number of carbonyl (C=O) groups is 2. The average molecular weight is 340 g/mol. The summed E-state index contributed by atoms with van der Waals surface area (Å²) in [6.45, 7) is 0.780. The second-order valence-electron chi connectivity index (χ2n) is 6.24. The van der Waals surface area contributed by atoms with Crippen molar-refractivity contribution in [2.24, 2.45) is 0 Å². The second-order valence-corrected chi connectivity index (χ2v) is 6.24. The highest BCUT2D eigenvalue weighted by Crippen LogP contribution is 2.24. The van der Waals surface area contributed by atoms with Crippen molar-refractivity contribution >= 4 is 11.9 Å². The van der Waals surface area contributed by atoms with Crippen LogP contribution in [0.15, 0.2) is 48.5 Å². The first-order chi connectivity index (χ1) is 12.1. The summed E-state index contributed by atoms with van der Waals surface area (Å²) in [7, 11) is 0. The van der Waals surface area contributed by atoms with Crippen LogP contribution in [0.2, 0.25) is 0 Å². The summed E-state index contributed by atoms with van der Waals surface area (Å²) in [4.78, 5) is 28.3. The number of rotatable bonds is 5. The minimum absolute atomic E-state index is 0.170. The summed E-state index contributed by atoms with van der Waals surface area (Å²) < 4.78 is 5.42. The van der Waals surface area contributed by atoms with Gasteiger partial charge in [-0.2, -0.15) is 0 Å². The highest BCUT2D eigenvalue weighted by atomic mass is 16.5. The van der Waals surface area contributed by atoms with Gasteiger partial charge in [-0.25, -0.2) is 4.98 Å². The molecule has 1 aromatic heterocycles. The Labute approximate surface area is 145 Å². The fourth-order valence-electron chi connectivity index (χ4n) is 3.06. The minimum atomic E-state index is -0.961. The summed E-state index contributed by atoms with van der Waals surface area (Å²) in [6.07, 6.45) is 1.12. The van der Waals surface area contributed by atoms with Crippen molar-refractivity contribution in [2.45, 2.75) is 24.8 Å². The van der Waals surface area contributed by atoms with Crippen molar-refractivity contribution < 1.29 is 19.4 Å². The van der Waals surface area contributed by atoms with E-state index in [1.165, 1.54) is 0 Å². The van der Waals surface area contributed by atoms with E-state index < -0.39 is 11.5 Å². The first kappa shape index (κ1) is 17.1. The molecule has 0 saturated carbocycles. The van der Waals surface area contributed by atoms with E-state index in [9.17, 15) is 14.7 Å². The number of carbonyl (C=O) groups excluding carboxylic acids is 1. The number of aliphatic carboxylic acids is 1. The maximum absolute atomic E-state index is 12.7. The molecule has 6 heteroatoms. The predicted molar refractivity (Wildman–Crippen MR) is 92.2 cm³/mol. The summed E-state index contributed by atoms with van der Waals surface area (Å²) >= 11 is 0. The van der Waals surface area contributed by atoms with Gasteiger partial charge in [-0.1, -0.05) is 36.4 Å². The predicted octanol–water partition coefficient (Wildman–Crippen LogP) is 2.50. The van der Waals surface area contributed by atoms with Gasteiger partial charge >= 0.3 is 5.97 Å². The van der Waals surface area contributed by atoms with Crippen LogP contribution in [0.3, 0.4) is 0 Å². The molecule has 0 bridgehead atoms. The molecule has 1 aliphatic rings. The van der Waals surface area contributed by atoms with Crippen molar-refractivity contribution in [3.63, 3.8) is 0 Å². The summed E-state index contributed by atoms with van der Waals surface area (Å²) in [5.74, 6) is -1.35. The molecule has 25 heavy (non-hydrogen) atoms. The zero-order valence-corrected chi connectivity index (χ0v) is 13.8. The number of benzene rings is 1. The van der Waals surface area contributed by atoms with Gasteiger partial charge in [0, 0.05) is 12.2 Å². The number of pyridine rings is 1. The quantitative estimate of drug-likeness (QED) is 0.873. The second kappa shape index (κ2) is 7.44. The van der Waals surface area contributed by atoms with Gasteiger partial charge in [0.15, 0.2) is 0 Å². The van der Waals surface area contributed by atoms with Crippen LogP contribution in [-0.2, 0) is 9.53 Å². The van der Waals surface area contributed by atoms with Crippen LogP contribution in [0.25, 0.3) is 11.3 Å². The monoisotopic (exact) mass is 340 g/mol. The Morgan fingerprint density at radius 1 is 1.16 bits per heavy atom. The Bertz CT molecular complexity index is 755. The number of amides is 1. The van der Waals surface area contributed by atoms with Crippen LogP contribution in [0, 0.1) is 0 Å². The molecule has 1 aliphatic heterocycles. The summed E-state index contributed by atoms with van der Waals surface area (Å²) in [5, 5.41) is 12.0. The van der Waals surface area contributed by atoms with E-state index >= 15 is 0 Å². The Kier molecular flexibility index (Phi) is 5.09. The lowest BCUT2D eigenvalue weighted by atomic mass is 9.88. The number of aromatic nitrogens is 1. The lowest BCUT2D eigenvalue weighted by Crippen LogP contribution is -2.55. The molecular weight excluding hydrogens is 320 g/mol. The fraction of sp³-hybridized carbons (Fsp3) is 0.316. The van der Waals surface area contributed by atoms with Crippen LogP contribution in [0.5, 0.6) is 0 Å². The van der Waals surface area contributed by atoms with Gasteiger partial charge in [-0.3, -0.25) is 9.59 Å². The highest BCUT2D eigenvalue weighted by molar-refractivity contribution is 5.93. The largest absolute Gasteiger partial charge is 0.481 e. The third kappa shape index (κ3) is 4.22. The van der Waals surface area contributed by atoms with Crippen LogP contribution < -0.4 is 5.32 Å². The van der Waals surface area contributed by atoms with Crippen LogP contribution in [0.1, 0.15) is 29.8 Å². The van der Waals surface area contributed by atoms with Gasteiger partial charge in [-0.05, 0) is 25.0 Å². The molecule has 1 aromatic carbocycles. The topological polar surface area (TPSA) is 88.5 Å². The standard InChI is InChI=1S/C19H20N2O4/c22-17(23)12-19(10-5-11-25-13-19)21-18(24)16-9-4-8-15(20-16)14-6-2-1-3-7-14/h1-4,6-9H,5,10-13H2,(H,21,24)(H,22,23). The molecule has 2 N–H and O–H groups in total. The third-order valence-corrected chi connectivity index (χ3v) is 4.24. The SMILES string of the molecule is O=C(O)CC1(NC(=O)c2cccc(-c3ccccc3)n2)CCCOC1. The molecule has 1 amide bonds.